The number of methoxy groups -OCH3 is 1. The standard InChI is InChI=1S/C20H29NO3/c1-13-7-6-8-20(12-13,19(23)24-5)21-18(22)11-17-15(3)9-14(2)10-16(17)4/h9-10,13H,6-8,11-12H2,1-5H3,(H,21,22). The molecular formula is C20H29NO3. The first kappa shape index (κ1) is 18.5. The zero-order chi connectivity index (χ0) is 17.9. The summed E-state index contributed by atoms with van der Waals surface area (Å²) < 4.78 is 5.00. The van der Waals surface area contributed by atoms with Crippen LogP contribution >= 0.6 is 0 Å². The van der Waals surface area contributed by atoms with Crippen molar-refractivity contribution in [1.29, 1.82) is 0 Å². The minimum Gasteiger partial charge on any atom is -0.467 e. The minimum absolute atomic E-state index is 0.107. The van der Waals surface area contributed by atoms with Gasteiger partial charge in [-0.1, -0.05) is 37.5 Å². The second kappa shape index (κ2) is 7.37. The van der Waals surface area contributed by atoms with Crippen LogP contribution in [0, 0.1) is 26.7 Å². The van der Waals surface area contributed by atoms with Gasteiger partial charge >= 0.3 is 5.97 Å². The molecule has 0 bridgehead atoms. The fourth-order valence-corrected chi connectivity index (χ4v) is 4.06. The molecule has 24 heavy (non-hydrogen) atoms. The van der Waals surface area contributed by atoms with Crippen molar-refractivity contribution in [3.63, 3.8) is 0 Å². The van der Waals surface area contributed by atoms with E-state index in [2.05, 4.69) is 31.3 Å². The third-order valence-corrected chi connectivity index (χ3v) is 5.13. The van der Waals surface area contributed by atoms with Crippen LogP contribution in [0.1, 0.15) is 54.9 Å². The van der Waals surface area contributed by atoms with Gasteiger partial charge in [-0.05, 0) is 56.2 Å². The number of benzene rings is 1. The number of carbonyl (C=O) groups excluding carboxylic acids is 2. The Kier molecular flexibility index (Phi) is 5.68. The van der Waals surface area contributed by atoms with Crippen LogP contribution in [0.5, 0.6) is 0 Å². The fourth-order valence-electron chi connectivity index (χ4n) is 4.06. The van der Waals surface area contributed by atoms with Crippen molar-refractivity contribution in [2.45, 2.75) is 65.3 Å². The maximum absolute atomic E-state index is 12.7. The maximum Gasteiger partial charge on any atom is 0.331 e. The van der Waals surface area contributed by atoms with Gasteiger partial charge < -0.3 is 10.1 Å². The van der Waals surface area contributed by atoms with Crippen molar-refractivity contribution < 1.29 is 14.3 Å². The Balaban J connectivity index is 2.18. The SMILES string of the molecule is COC(=O)C1(NC(=O)Cc2c(C)cc(C)cc2C)CCCC(C)C1. The van der Waals surface area contributed by atoms with Crippen molar-refractivity contribution in [3.8, 4) is 0 Å². The summed E-state index contributed by atoms with van der Waals surface area (Å²) in [5, 5.41) is 3.02. The lowest BCUT2D eigenvalue weighted by Gasteiger charge is -2.38. The summed E-state index contributed by atoms with van der Waals surface area (Å²) in [6.45, 7) is 8.24. The van der Waals surface area contributed by atoms with E-state index >= 15 is 0 Å². The summed E-state index contributed by atoms with van der Waals surface area (Å²) in [5.41, 5.74) is 3.61. The highest BCUT2D eigenvalue weighted by Gasteiger charge is 2.44. The Morgan fingerprint density at radius 2 is 1.88 bits per heavy atom. The molecule has 1 saturated carbocycles. The molecule has 1 amide bonds. The Morgan fingerprint density at radius 1 is 1.25 bits per heavy atom. The lowest BCUT2D eigenvalue weighted by molar-refractivity contribution is -0.153. The second-order valence-electron chi connectivity index (χ2n) is 7.38. The molecule has 2 rings (SSSR count). The molecule has 0 heterocycles. The molecule has 1 fully saturated rings. The summed E-state index contributed by atoms with van der Waals surface area (Å²) in [6, 6.07) is 4.18. The summed E-state index contributed by atoms with van der Waals surface area (Å²) in [4.78, 5) is 25.0. The number of hydrogen-bond donors (Lipinski definition) is 1. The largest absolute Gasteiger partial charge is 0.467 e. The van der Waals surface area contributed by atoms with E-state index in [4.69, 9.17) is 4.74 Å². The third kappa shape index (κ3) is 3.97. The van der Waals surface area contributed by atoms with Gasteiger partial charge in [0, 0.05) is 0 Å². The molecular weight excluding hydrogens is 302 g/mol. The van der Waals surface area contributed by atoms with Crippen LogP contribution in [0.15, 0.2) is 12.1 Å². The Morgan fingerprint density at radius 3 is 2.42 bits per heavy atom. The number of ether oxygens (including phenoxy) is 1. The smallest absolute Gasteiger partial charge is 0.331 e. The van der Waals surface area contributed by atoms with Crippen molar-refractivity contribution in [2.75, 3.05) is 7.11 Å². The highest BCUT2D eigenvalue weighted by Crippen LogP contribution is 2.33. The van der Waals surface area contributed by atoms with Crippen LogP contribution in [0.2, 0.25) is 0 Å². The predicted molar refractivity (Wildman–Crippen MR) is 94.9 cm³/mol. The molecule has 0 aliphatic heterocycles. The van der Waals surface area contributed by atoms with E-state index in [1.807, 2.05) is 13.8 Å². The van der Waals surface area contributed by atoms with E-state index < -0.39 is 5.54 Å². The summed E-state index contributed by atoms with van der Waals surface area (Å²) in [7, 11) is 1.39. The first-order valence-corrected chi connectivity index (χ1v) is 8.73. The van der Waals surface area contributed by atoms with Gasteiger partial charge in [0.25, 0.3) is 0 Å². The molecule has 4 nitrogen and oxygen atoms in total. The molecule has 1 aliphatic rings. The molecule has 1 N–H and O–H groups in total. The normalized spacial score (nSPS) is 23.6. The van der Waals surface area contributed by atoms with Crippen LogP contribution < -0.4 is 5.32 Å². The second-order valence-corrected chi connectivity index (χ2v) is 7.38. The number of hydrogen-bond acceptors (Lipinski definition) is 3. The number of rotatable bonds is 4. The summed E-state index contributed by atoms with van der Waals surface area (Å²) in [6.07, 6.45) is 3.62. The number of nitrogens with one attached hydrogen (secondary N) is 1. The number of esters is 1. The molecule has 2 unspecified atom stereocenters. The van der Waals surface area contributed by atoms with Gasteiger partial charge in [-0.15, -0.1) is 0 Å². The number of carbonyl (C=O) groups is 2. The van der Waals surface area contributed by atoms with Gasteiger partial charge in [0.05, 0.1) is 13.5 Å². The predicted octanol–water partition coefficient (Wildman–Crippen LogP) is 3.39. The first-order chi connectivity index (χ1) is 11.3. The Labute approximate surface area is 145 Å². The first-order valence-electron chi connectivity index (χ1n) is 8.73. The van der Waals surface area contributed by atoms with Gasteiger partial charge in [0.15, 0.2) is 0 Å². The van der Waals surface area contributed by atoms with E-state index in [1.165, 1.54) is 12.7 Å². The monoisotopic (exact) mass is 331 g/mol. The van der Waals surface area contributed by atoms with E-state index in [0.29, 0.717) is 25.2 Å². The van der Waals surface area contributed by atoms with Crippen molar-refractivity contribution in [3.05, 3.63) is 34.4 Å². The van der Waals surface area contributed by atoms with Crippen LogP contribution in [-0.4, -0.2) is 24.5 Å². The highest BCUT2D eigenvalue weighted by atomic mass is 16.5. The third-order valence-electron chi connectivity index (χ3n) is 5.13. The summed E-state index contributed by atoms with van der Waals surface area (Å²) >= 11 is 0. The van der Waals surface area contributed by atoms with Gasteiger partial charge in [-0.2, -0.15) is 0 Å². The molecule has 0 saturated heterocycles. The van der Waals surface area contributed by atoms with Gasteiger partial charge in [-0.25, -0.2) is 4.79 Å². The van der Waals surface area contributed by atoms with Crippen LogP contribution in [-0.2, 0) is 20.7 Å². The van der Waals surface area contributed by atoms with Crippen LogP contribution in [0.25, 0.3) is 0 Å². The van der Waals surface area contributed by atoms with Crippen molar-refractivity contribution in [2.24, 2.45) is 5.92 Å². The maximum atomic E-state index is 12.7. The van der Waals surface area contributed by atoms with Crippen LogP contribution in [0.4, 0.5) is 0 Å². The van der Waals surface area contributed by atoms with Crippen molar-refractivity contribution in [1.82, 2.24) is 5.32 Å². The zero-order valence-electron chi connectivity index (χ0n) is 15.5. The van der Waals surface area contributed by atoms with E-state index in [1.54, 1.807) is 0 Å². The van der Waals surface area contributed by atoms with Gasteiger partial charge in [-0.3, -0.25) is 4.79 Å². The topological polar surface area (TPSA) is 55.4 Å². The Bertz CT molecular complexity index is 615. The lowest BCUT2D eigenvalue weighted by Crippen LogP contribution is -2.57. The average molecular weight is 331 g/mol. The van der Waals surface area contributed by atoms with Crippen molar-refractivity contribution >= 4 is 11.9 Å². The molecule has 0 radical (unpaired) electrons. The van der Waals surface area contributed by atoms with Gasteiger partial charge in [0.1, 0.15) is 5.54 Å². The Hall–Kier alpha value is -1.84. The summed E-state index contributed by atoms with van der Waals surface area (Å²) in [5.74, 6) is -0.0229. The molecule has 1 aliphatic carbocycles. The zero-order valence-corrected chi connectivity index (χ0v) is 15.5. The van der Waals surface area contributed by atoms with Crippen LogP contribution in [0.3, 0.4) is 0 Å². The molecule has 1 aromatic carbocycles. The molecule has 0 spiro atoms. The van der Waals surface area contributed by atoms with E-state index in [9.17, 15) is 9.59 Å². The molecule has 0 aromatic heterocycles. The highest BCUT2D eigenvalue weighted by molar-refractivity contribution is 5.89. The number of aryl methyl sites for hydroxylation is 3. The van der Waals surface area contributed by atoms with E-state index in [0.717, 1.165) is 29.5 Å². The molecule has 1 aromatic rings. The van der Waals surface area contributed by atoms with E-state index in [-0.39, 0.29) is 11.9 Å². The minimum atomic E-state index is -0.865. The molecule has 132 valence electrons. The van der Waals surface area contributed by atoms with Gasteiger partial charge in [0.2, 0.25) is 5.91 Å². The molecule has 4 heteroatoms. The molecule has 2 atom stereocenters. The number of amides is 1. The average Bonchev–Trinajstić information content (AvgIpc) is 2.50. The lowest BCUT2D eigenvalue weighted by atomic mass is 9.76. The quantitative estimate of drug-likeness (QED) is 0.861. The fraction of sp³-hybridized carbons (Fsp3) is 0.600.